The van der Waals surface area contributed by atoms with Crippen LogP contribution in [0.1, 0.15) is 29.5 Å². The van der Waals surface area contributed by atoms with E-state index in [-0.39, 0.29) is 11.8 Å². The van der Waals surface area contributed by atoms with E-state index >= 15 is 0 Å². The fraction of sp³-hybridized carbons (Fsp3) is 0.400. The lowest BCUT2D eigenvalue weighted by Crippen LogP contribution is -2.34. The second kappa shape index (κ2) is 9.23. The SMILES string of the molecule is Cc1ccccc1C/C(=C\c1ccc(N)c(Cl)c1)[C@H]1CCN(C(=O)C2CCOC2)C1. The van der Waals surface area contributed by atoms with E-state index in [9.17, 15) is 4.79 Å². The average molecular weight is 425 g/mol. The Bertz CT molecular complexity index is 950. The Morgan fingerprint density at radius 1 is 1.23 bits per heavy atom. The summed E-state index contributed by atoms with van der Waals surface area (Å²) in [6.07, 6.45) is 4.93. The maximum absolute atomic E-state index is 12.9. The third kappa shape index (κ3) is 4.71. The summed E-state index contributed by atoms with van der Waals surface area (Å²) >= 11 is 6.26. The molecule has 0 aromatic heterocycles. The molecule has 2 aliphatic heterocycles. The fourth-order valence-electron chi connectivity index (χ4n) is 4.44. The summed E-state index contributed by atoms with van der Waals surface area (Å²) in [6, 6.07) is 14.3. The molecule has 0 saturated carbocycles. The first-order valence-electron chi connectivity index (χ1n) is 10.7. The number of nitrogens with zero attached hydrogens (tertiary/aromatic N) is 1. The molecule has 1 unspecified atom stereocenters. The molecule has 1 amide bonds. The molecule has 158 valence electrons. The number of nitrogens with two attached hydrogens (primary N) is 1. The Balaban J connectivity index is 1.58. The number of halogens is 1. The number of benzene rings is 2. The van der Waals surface area contributed by atoms with Gasteiger partial charge in [-0.1, -0.05) is 53.6 Å². The number of anilines is 1. The highest BCUT2D eigenvalue weighted by molar-refractivity contribution is 6.33. The van der Waals surface area contributed by atoms with E-state index in [1.807, 2.05) is 23.1 Å². The van der Waals surface area contributed by atoms with E-state index < -0.39 is 0 Å². The third-order valence-electron chi connectivity index (χ3n) is 6.34. The van der Waals surface area contributed by atoms with Crippen molar-refractivity contribution in [2.45, 2.75) is 26.2 Å². The zero-order chi connectivity index (χ0) is 21.1. The molecule has 30 heavy (non-hydrogen) atoms. The molecule has 2 saturated heterocycles. The largest absolute Gasteiger partial charge is 0.398 e. The van der Waals surface area contributed by atoms with Gasteiger partial charge in [0.05, 0.1) is 23.2 Å². The lowest BCUT2D eigenvalue weighted by molar-refractivity contribution is -0.134. The lowest BCUT2D eigenvalue weighted by atomic mass is 9.89. The van der Waals surface area contributed by atoms with Crippen LogP contribution in [0.15, 0.2) is 48.0 Å². The van der Waals surface area contributed by atoms with Gasteiger partial charge in [0.15, 0.2) is 0 Å². The minimum atomic E-state index is 0.0310. The van der Waals surface area contributed by atoms with Crippen molar-refractivity contribution in [1.82, 2.24) is 4.90 Å². The highest BCUT2D eigenvalue weighted by Gasteiger charge is 2.34. The van der Waals surface area contributed by atoms with E-state index in [1.54, 1.807) is 0 Å². The summed E-state index contributed by atoms with van der Waals surface area (Å²) in [6.45, 7) is 5.00. The molecule has 0 bridgehead atoms. The van der Waals surface area contributed by atoms with E-state index in [0.29, 0.717) is 29.8 Å². The smallest absolute Gasteiger partial charge is 0.228 e. The molecule has 2 aromatic carbocycles. The number of rotatable bonds is 5. The molecule has 4 rings (SSSR count). The van der Waals surface area contributed by atoms with E-state index in [2.05, 4.69) is 37.3 Å². The molecule has 2 heterocycles. The Labute approximate surface area is 183 Å². The molecule has 2 atom stereocenters. The highest BCUT2D eigenvalue weighted by Crippen LogP contribution is 2.31. The van der Waals surface area contributed by atoms with Crippen LogP contribution in [0.5, 0.6) is 0 Å². The maximum Gasteiger partial charge on any atom is 0.228 e. The Kier molecular flexibility index (Phi) is 6.45. The summed E-state index contributed by atoms with van der Waals surface area (Å²) in [5.41, 5.74) is 11.5. The van der Waals surface area contributed by atoms with Crippen molar-refractivity contribution in [2.75, 3.05) is 32.0 Å². The number of aryl methyl sites for hydroxylation is 1. The van der Waals surface area contributed by atoms with Gasteiger partial charge in [-0.05, 0) is 60.9 Å². The number of ether oxygens (including phenoxy) is 1. The summed E-state index contributed by atoms with van der Waals surface area (Å²) in [4.78, 5) is 14.9. The predicted octanol–water partition coefficient (Wildman–Crippen LogP) is 4.74. The topological polar surface area (TPSA) is 55.6 Å². The second-order valence-corrected chi connectivity index (χ2v) is 8.84. The number of hydrogen-bond donors (Lipinski definition) is 1. The molecule has 0 spiro atoms. The first-order chi connectivity index (χ1) is 14.5. The standard InChI is InChI=1S/C25H29ClN2O2/c1-17-4-2-3-5-19(17)14-22(12-18-6-7-24(27)23(26)13-18)20-8-10-28(15-20)25(29)21-9-11-30-16-21/h2-7,12-13,20-21H,8-11,14-16,27H2,1H3/b22-12+/t20-,21?/m0/s1. The van der Waals surface area contributed by atoms with Crippen LogP contribution in [0, 0.1) is 18.8 Å². The minimum Gasteiger partial charge on any atom is -0.398 e. The van der Waals surface area contributed by atoms with Gasteiger partial charge in [0.2, 0.25) is 5.91 Å². The monoisotopic (exact) mass is 424 g/mol. The molecule has 4 nitrogen and oxygen atoms in total. The quantitative estimate of drug-likeness (QED) is 0.705. The van der Waals surface area contributed by atoms with Crippen molar-refractivity contribution < 1.29 is 9.53 Å². The van der Waals surface area contributed by atoms with Gasteiger partial charge in [-0.3, -0.25) is 4.79 Å². The third-order valence-corrected chi connectivity index (χ3v) is 6.66. The summed E-state index contributed by atoms with van der Waals surface area (Å²) in [5, 5.41) is 0.573. The number of carbonyl (C=O) groups is 1. The molecular weight excluding hydrogens is 396 g/mol. The van der Waals surface area contributed by atoms with Gasteiger partial charge in [-0.25, -0.2) is 0 Å². The summed E-state index contributed by atoms with van der Waals surface area (Å²) in [7, 11) is 0. The molecule has 2 aromatic rings. The zero-order valence-electron chi connectivity index (χ0n) is 17.4. The van der Waals surface area contributed by atoms with Crippen molar-refractivity contribution in [3.05, 3.63) is 69.8 Å². The van der Waals surface area contributed by atoms with Crippen LogP contribution in [0.2, 0.25) is 5.02 Å². The van der Waals surface area contributed by atoms with Crippen molar-refractivity contribution in [1.29, 1.82) is 0 Å². The van der Waals surface area contributed by atoms with Gasteiger partial charge in [-0.2, -0.15) is 0 Å². The van der Waals surface area contributed by atoms with Crippen molar-refractivity contribution in [3.63, 3.8) is 0 Å². The number of nitrogen functional groups attached to an aromatic ring is 1. The zero-order valence-corrected chi connectivity index (χ0v) is 18.2. The van der Waals surface area contributed by atoms with E-state index in [4.69, 9.17) is 22.1 Å². The molecule has 2 fully saturated rings. The van der Waals surface area contributed by atoms with Crippen LogP contribution in [-0.2, 0) is 16.0 Å². The van der Waals surface area contributed by atoms with Gasteiger partial charge in [-0.15, -0.1) is 0 Å². The number of carbonyl (C=O) groups excluding carboxylic acids is 1. The van der Waals surface area contributed by atoms with Gasteiger partial charge < -0.3 is 15.4 Å². The van der Waals surface area contributed by atoms with Crippen LogP contribution in [0.4, 0.5) is 5.69 Å². The van der Waals surface area contributed by atoms with Crippen molar-refractivity contribution in [2.24, 2.45) is 11.8 Å². The summed E-state index contributed by atoms with van der Waals surface area (Å²) < 4.78 is 5.42. The molecule has 5 heteroatoms. The predicted molar refractivity (Wildman–Crippen MR) is 122 cm³/mol. The van der Waals surface area contributed by atoms with Gasteiger partial charge in [0.1, 0.15) is 0 Å². The van der Waals surface area contributed by atoms with Crippen LogP contribution in [-0.4, -0.2) is 37.1 Å². The highest BCUT2D eigenvalue weighted by atomic mass is 35.5. The average Bonchev–Trinajstić information content (AvgIpc) is 3.43. The second-order valence-electron chi connectivity index (χ2n) is 8.43. The Morgan fingerprint density at radius 3 is 2.80 bits per heavy atom. The number of likely N-dealkylation sites (tertiary alicyclic amines) is 1. The maximum atomic E-state index is 12.9. The van der Waals surface area contributed by atoms with E-state index in [0.717, 1.165) is 37.9 Å². The Morgan fingerprint density at radius 2 is 2.07 bits per heavy atom. The van der Waals surface area contributed by atoms with Gasteiger partial charge in [0.25, 0.3) is 0 Å². The lowest BCUT2D eigenvalue weighted by Gasteiger charge is -2.21. The molecule has 0 radical (unpaired) electrons. The van der Waals surface area contributed by atoms with Crippen LogP contribution >= 0.6 is 11.6 Å². The van der Waals surface area contributed by atoms with Crippen LogP contribution in [0.3, 0.4) is 0 Å². The Hall–Kier alpha value is -2.30. The number of hydrogen-bond acceptors (Lipinski definition) is 3. The van der Waals surface area contributed by atoms with Crippen molar-refractivity contribution in [3.8, 4) is 0 Å². The minimum absolute atomic E-state index is 0.0310. The molecule has 2 aliphatic rings. The van der Waals surface area contributed by atoms with Gasteiger partial charge in [0, 0.05) is 19.7 Å². The number of amides is 1. The van der Waals surface area contributed by atoms with Gasteiger partial charge >= 0.3 is 0 Å². The van der Waals surface area contributed by atoms with Crippen LogP contribution < -0.4 is 5.73 Å². The molecular formula is C25H29ClN2O2. The van der Waals surface area contributed by atoms with Crippen LogP contribution in [0.25, 0.3) is 6.08 Å². The molecule has 0 aliphatic carbocycles. The first kappa shape index (κ1) is 21.0. The van der Waals surface area contributed by atoms with Crippen molar-refractivity contribution >= 4 is 29.3 Å². The first-order valence-corrected chi connectivity index (χ1v) is 11.1. The fourth-order valence-corrected chi connectivity index (χ4v) is 4.63. The summed E-state index contributed by atoms with van der Waals surface area (Å²) in [5.74, 6) is 0.622. The normalized spacial score (nSPS) is 21.9. The molecule has 2 N–H and O–H groups in total. The van der Waals surface area contributed by atoms with E-state index in [1.165, 1.54) is 16.7 Å².